The van der Waals surface area contributed by atoms with Crippen molar-refractivity contribution in [1.29, 1.82) is 0 Å². The molecule has 0 unspecified atom stereocenters. The molecule has 0 atom stereocenters. The first-order valence-corrected chi connectivity index (χ1v) is 9.39. The summed E-state index contributed by atoms with van der Waals surface area (Å²) in [6, 6.07) is 7.92. The van der Waals surface area contributed by atoms with Gasteiger partial charge in [0, 0.05) is 18.8 Å². The van der Waals surface area contributed by atoms with Gasteiger partial charge in [-0.1, -0.05) is 12.1 Å². The third-order valence-corrected chi connectivity index (χ3v) is 4.68. The van der Waals surface area contributed by atoms with E-state index < -0.39 is 5.97 Å². The van der Waals surface area contributed by atoms with E-state index in [0.717, 1.165) is 16.9 Å². The Bertz CT molecular complexity index is 1030. The number of ether oxygens (including phenoxy) is 1. The fourth-order valence-corrected chi connectivity index (χ4v) is 3.40. The van der Waals surface area contributed by atoms with Gasteiger partial charge in [-0.25, -0.2) is 9.78 Å². The lowest BCUT2D eigenvalue weighted by atomic mass is 10.1. The maximum absolute atomic E-state index is 12.6. The average molecular weight is 382 g/mol. The van der Waals surface area contributed by atoms with Crippen molar-refractivity contribution in [2.45, 2.75) is 47.3 Å². The molecule has 28 heavy (non-hydrogen) atoms. The number of aryl methyl sites for hydroxylation is 2. The molecule has 0 radical (unpaired) electrons. The van der Waals surface area contributed by atoms with Crippen LogP contribution in [0.15, 0.2) is 24.3 Å². The minimum atomic E-state index is -0.416. The first-order valence-electron chi connectivity index (χ1n) is 9.39. The van der Waals surface area contributed by atoms with Gasteiger partial charge in [-0.05, 0) is 52.3 Å². The summed E-state index contributed by atoms with van der Waals surface area (Å²) in [6.45, 7) is 10.1. The summed E-state index contributed by atoms with van der Waals surface area (Å²) in [5, 5.41) is 2.92. The Hall–Kier alpha value is -3.09. The summed E-state index contributed by atoms with van der Waals surface area (Å²) in [5.74, 6) is 0.244. The third kappa shape index (κ3) is 3.78. The number of H-pyrrole nitrogens is 1. The van der Waals surface area contributed by atoms with Crippen LogP contribution in [-0.4, -0.2) is 39.1 Å². The van der Waals surface area contributed by atoms with Gasteiger partial charge in [-0.2, -0.15) is 0 Å². The minimum absolute atomic E-state index is 0.216. The minimum Gasteiger partial charge on any atom is -0.459 e. The molecule has 0 saturated carbocycles. The summed E-state index contributed by atoms with van der Waals surface area (Å²) in [7, 11) is 0. The van der Waals surface area contributed by atoms with Crippen molar-refractivity contribution in [1.82, 2.24) is 19.9 Å². The number of carbonyl (C=O) groups excluding carboxylic acids is 2. The summed E-state index contributed by atoms with van der Waals surface area (Å²) < 4.78 is 7.35. The first-order chi connectivity index (χ1) is 13.3. The van der Waals surface area contributed by atoms with Crippen LogP contribution in [0.3, 0.4) is 0 Å². The standard InChI is InChI=1S/C21H26N4O3/c1-12(2)28-21(27)18-13(3)19(23-14(18)4)20(26)22-10-11-25-15(5)24-16-8-6-7-9-17(16)25/h6-9,12,23H,10-11H2,1-5H3,(H,22,26). The number of hydrogen-bond donors (Lipinski definition) is 2. The predicted octanol–water partition coefficient (Wildman–Crippen LogP) is 3.28. The molecule has 2 N–H and O–H groups in total. The fraction of sp³-hybridized carbons (Fsp3) is 0.381. The molecular weight excluding hydrogens is 356 g/mol. The number of aromatic nitrogens is 3. The van der Waals surface area contributed by atoms with E-state index >= 15 is 0 Å². The first kappa shape index (κ1) is 19.7. The highest BCUT2D eigenvalue weighted by Crippen LogP contribution is 2.20. The third-order valence-electron chi connectivity index (χ3n) is 4.68. The number of amides is 1. The molecule has 1 aromatic carbocycles. The molecule has 3 aromatic rings. The van der Waals surface area contributed by atoms with Crippen LogP contribution < -0.4 is 5.32 Å². The van der Waals surface area contributed by atoms with Crippen LogP contribution in [0.25, 0.3) is 11.0 Å². The van der Waals surface area contributed by atoms with Gasteiger partial charge in [0.2, 0.25) is 0 Å². The SMILES string of the molecule is Cc1[nH]c(C(=O)NCCn2c(C)nc3ccccc32)c(C)c1C(=O)OC(C)C. The second-order valence-corrected chi connectivity index (χ2v) is 7.13. The number of para-hydroxylation sites is 2. The Kier molecular flexibility index (Phi) is 5.53. The predicted molar refractivity (Wildman–Crippen MR) is 108 cm³/mol. The Morgan fingerprint density at radius 1 is 1.21 bits per heavy atom. The summed E-state index contributed by atoms with van der Waals surface area (Å²) in [5.41, 5.74) is 4.03. The molecule has 3 rings (SSSR count). The number of esters is 1. The van der Waals surface area contributed by atoms with E-state index in [0.29, 0.717) is 35.6 Å². The highest BCUT2D eigenvalue weighted by molar-refractivity contribution is 6.00. The van der Waals surface area contributed by atoms with Gasteiger partial charge in [0.05, 0.1) is 22.7 Å². The van der Waals surface area contributed by atoms with Crippen molar-refractivity contribution < 1.29 is 14.3 Å². The molecule has 0 aliphatic carbocycles. The fourth-order valence-electron chi connectivity index (χ4n) is 3.40. The zero-order valence-corrected chi connectivity index (χ0v) is 16.9. The van der Waals surface area contributed by atoms with Gasteiger partial charge in [0.15, 0.2) is 0 Å². The molecule has 7 nitrogen and oxygen atoms in total. The van der Waals surface area contributed by atoms with Gasteiger partial charge < -0.3 is 19.6 Å². The van der Waals surface area contributed by atoms with Crippen LogP contribution in [-0.2, 0) is 11.3 Å². The maximum Gasteiger partial charge on any atom is 0.340 e. The van der Waals surface area contributed by atoms with Crippen LogP contribution in [0.2, 0.25) is 0 Å². The Labute approximate surface area is 164 Å². The van der Waals surface area contributed by atoms with E-state index in [9.17, 15) is 9.59 Å². The van der Waals surface area contributed by atoms with Gasteiger partial charge >= 0.3 is 5.97 Å². The second kappa shape index (κ2) is 7.88. The number of nitrogens with zero attached hydrogens (tertiary/aromatic N) is 2. The number of carbonyl (C=O) groups is 2. The topological polar surface area (TPSA) is 89.0 Å². The Morgan fingerprint density at radius 2 is 1.93 bits per heavy atom. The van der Waals surface area contributed by atoms with Gasteiger partial charge in [-0.15, -0.1) is 0 Å². The highest BCUT2D eigenvalue weighted by Gasteiger charge is 2.23. The Morgan fingerprint density at radius 3 is 2.64 bits per heavy atom. The highest BCUT2D eigenvalue weighted by atomic mass is 16.5. The van der Waals surface area contributed by atoms with Crippen molar-refractivity contribution in [2.24, 2.45) is 0 Å². The summed E-state index contributed by atoms with van der Waals surface area (Å²) >= 11 is 0. The van der Waals surface area contributed by atoms with Crippen molar-refractivity contribution in [3.05, 3.63) is 52.6 Å². The molecule has 0 fully saturated rings. The quantitative estimate of drug-likeness (QED) is 0.640. The Balaban J connectivity index is 1.70. The molecule has 148 valence electrons. The van der Waals surface area contributed by atoms with Crippen LogP contribution in [0.4, 0.5) is 0 Å². The number of rotatable bonds is 6. The zero-order chi connectivity index (χ0) is 20.4. The molecule has 2 heterocycles. The van der Waals surface area contributed by atoms with Crippen LogP contribution in [0, 0.1) is 20.8 Å². The smallest absolute Gasteiger partial charge is 0.340 e. The lowest BCUT2D eigenvalue weighted by Crippen LogP contribution is -2.28. The number of nitrogens with one attached hydrogen (secondary N) is 2. The zero-order valence-electron chi connectivity index (χ0n) is 16.9. The monoisotopic (exact) mass is 382 g/mol. The van der Waals surface area contributed by atoms with E-state index in [4.69, 9.17) is 4.74 Å². The van der Waals surface area contributed by atoms with Gasteiger partial charge in [0.25, 0.3) is 5.91 Å². The molecule has 0 aliphatic heterocycles. The summed E-state index contributed by atoms with van der Waals surface area (Å²) in [4.78, 5) is 32.5. The average Bonchev–Trinajstić information content (AvgIpc) is 3.10. The van der Waals surface area contributed by atoms with Crippen molar-refractivity contribution in [2.75, 3.05) is 6.54 Å². The lowest BCUT2D eigenvalue weighted by Gasteiger charge is -2.09. The van der Waals surface area contributed by atoms with E-state index in [1.807, 2.05) is 31.2 Å². The maximum atomic E-state index is 12.6. The molecule has 0 saturated heterocycles. The molecular formula is C21H26N4O3. The van der Waals surface area contributed by atoms with Crippen molar-refractivity contribution >= 4 is 22.9 Å². The number of hydrogen-bond acceptors (Lipinski definition) is 4. The molecule has 2 aromatic heterocycles. The number of fused-ring (bicyclic) bond motifs is 1. The number of benzene rings is 1. The van der Waals surface area contributed by atoms with E-state index in [1.165, 1.54) is 0 Å². The molecule has 0 bridgehead atoms. The summed E-state index contributed by atoms with van der Waals surface area (Å²) in [6.07, 6.45) is -0.216. The van der Waals surface area contributed by atoms with Crippen molar-refractivity contribution in [3.63, 3.8) is 0 Å². The molecule has 1 amide bonds. The van der Waals surface area contributed by atoms with Crippen LogP contribution in [0.1, 0.15) is 51.8 Å². The lowest BCUT2D eigenvalue weighted by molar-refractivity contribution is 0.0376. The second-order valence-electron chi connectivity index (χ2n) is 7.13. The normalized spacial score (nSPS) is 11.2. The van der Waals surface area contributed by atoms with E-state index in [1.54, 1.807) is 27.7 Å². The molecule has 7 heteroatoms. The molecule has 0 spiro atoms. The number of aromatic amines is 1. The number of imidazole rings is 1. The van der Waals surface area contributed by atoms with Crippen LogP contribution >= 0.6 is 0 Å². The molecule has 0 aliphatic rings. The van der Waals surface area contributed by atoms with Gasteiger partial charge in [-0.3, -0.25) is 4.79 Å². The van der Waals surface area contributed by atoms with Gasteiger partial charge in [0.1, 0.15) is 11.5 Å². The van der Waals surface area contributed by atoms with Crippen molar-refractivity contribution in [3.8, 4) is 0 Å². The van der Waals surface area contributed by atoms with Crippen LogP contribution in [0.5, 0.6) is 0 Å². The largest absolute Gasteiger partial charge is 0.459 e. The van der Waals surface area contributed by atoms with E-state index in [-0.39, 0.29) is 12.0 Å². The van der Waals surface area contributed by atoms with E-state index in [2.05, 4.69) is 19.9 Å².